The van der Waals surface area contributed by atoms with Crippen LogP contribution < -0.4 is 0 Å². The van der Waals surface area contributed by atoms with Crippen LogP contribution in [0.5, 0.6) is 0 Å². The fourth-order valence-corrected chi connectivity index (χ4v) is 1.94. The second-order valence-electron chi connectivity index (χ2n) is 2.99. The molecule has 72 valence electrons. The minimum Gasteiger partial charge on any atom is -0.393 e. The minimum absolute atomic E-state index is 0.225. The van der Waals surface area contributed by atoms with E-state index in [1.54, 1.807) is 18.7 Å². The summed E-state index contributed by atoms with van der Waals surface area (Å²) in [6.45, 7) is 1.80. The third-order valence-electron chi connectivity index (χ3n) is 1.54. The van der Waals surface area contributed by atoms with Gasteiger partial charge in [-0.05, 0) is 24.6 Å². The smallest absolute Gasteiger partial charge is 0.0602 e. The largest absolute Gasteiger partial charge is 0.393 e. The third-order valence-corrected chi connectivity index (χ3v) is 3.05. The Morgan fingerprint density at radius 2 is 2.00 bits per heavy atom. The predicted molar refractivity (Wildman–Crippen MR) is 59.3 cm³/mol. The summed E-state index contributed by atoms with van der Waals surface area (Å²) < 4.78 is 0. The molecular weight excluding hydrogens is 204 g/mol. The number of hydrogen-bond donors (Lipinski definition) is 1. The van der Waals surface area contributed by atoms with Crippen LogP contribution in [0.15, 0.2) is 24.3 Å². The van der Waals surface area contributed by atoms with Gasteiger partial charge >= 0.3 is 0 Å². The van der Waals surface area contributed by atoms with Crippen LogP contribution in [0.2, 0.25) is 5.02 Å². The van der Waals surface area contributed by atoms with Crippen molar-refractivity contribution in [1.82, 2.24) is 0 Å². The van der Waals surface area contributed by atoms with Gasteiger partial charge in [-0.25, -0.2) is 0 Å². The molecule has 0 fully saturated rings. The highest BCUT2D eigenvalue weighted by Crippen LogP contribution is 2.15. The molecule has 0 amide bonds. The molecule has 0 unspecified atom stereocenters. The van der Waals surface area contributed by atoms with Crippen molar-refractivity contribution in [3.63, 3.8) is 0 Å². The molecule has 1 rings (SSSR count). The van der Waals surface area contributed by atoms with E-state index in [-0.39, 0.29) is 6.10 Å². The first-order chi connectivity index (χ1) is 6.18. The highest BCUT2D eigenvalue weighted by Gasteiger charge is 1.97. The first-order valence-corrected chi connectivity index (χ1v) is 5.72. The molecule has 0 saturated heterocycles. The predicted octanol–water partition coefficient (Wildman–Crippen LogP) is 2.95. The van der Waals surface area contributed by atoms with E-state index in [1.807, 2.05) is 24.3 Å². The fourth-order valence-electron chi connectivity index (χ4n) is 0.928. The van der Waals surface area contributed by atoms with Crippen LogP contribution in [-0.4, -0.2) is 17.0 Å². The summed E-state index contributed by atoms with van der Waals surface area (Å²) in [5.74, 6) is 1.71. The Labute approximate surface area is 88.1 Å². The Hall–Kier alpha value is -0.180. The molecule has 0 bridgehead atoms. The number of benzene rings is 1. The van der Waals surface area contributed by atoms with Crippen molar-refractivity contribution in [3.8, 4) is 0 Å². The van der Waals surface area contributed by atoms with Gasteiger partial charge < -0.3 is 5.11 Å². The van der Waals surface area contributed by atoms with E-state index in [2.05, 4.69) is 0 Å². The molecule has 13 heavy (non-hydrogen) atoms. The van der Waals surface area contributed by atoms with Gasteiger partial charge in [0.2, 0.25) is 0 Å². The molecule has 0 aliphatic heterocycles. The van der Waals surface area contributed by atoms with Gasteiger partial charge in [-0.15, -0.1) is 0 Å². The Morgan fingerprint density at radius 3 is 2.54 bits per heavy atom. The summed E-state index contributed by atoms with van der Waals surface area (Å²) in [6, 6.07) is 7.80. The topological polar surface area (TPSA) is 20.2 Å². The van der Waals surface area contributed by atoms with Gasteiger partial charge in [-0.2, -0.15) is 11.8 Å². The second kappa shape index (κ2) is 5.53. The number of rotatable bonds is 4. The van der Waals surface area contributed by atoms with Crippen molar-refractivity contribution in [2.45, 2.75) is 18.8 Å². The molecule has 1 aromatic rings. The monoisotopic (exact) mass is 216 g/mol. The molecule has 0 heterocycles. The molecule has 0 saturated carbocycles. The standard InChI is InChI=1S/C10H13ClOS/c1-8(12)6-13-7-9-2-4-10(11)5-3-9/h2-5,8,12H,6-7H2,1H3/t8-/m0/s1. The molecule has 1 N–H and O–H groups in total. The zero-order chi connectivity index (χ0) is 9.68. The summed E-state index contributed by atoms with van der Waals surface area (Å²) in [4.78, 5) is 0. The Balaban J connectivity index is 2.33. The molecule has 3 heteroatoms. The average molecular weight is 217 g/mol. The van der Waals surface area contributed by atoms with Gasteiger partial charge in [-0.3, -0.25) is 0 Å². The molecule has 1 atom stereocenters. The fraction of sp³-hybridized carbons (Fsp3) is 0.400. The van der Waals surface area contributed by atoms with E-state index in [4.69, 9.17) is 16.7 Å². The number of hydrogen-bond acceptors (Lipinski definition) is 2. The average Bonchev–Trinajstić information content (AvgIpc) is 2.08. The molecular formula is C10H13ClOS. The van der Waals surface area contributed by atoms with Gasteiger partial charge in [0.05, 0.1) is 6.10 Å². The lowest BCUT2D eigenvalue weighted by Crippen LogP contribution is -2.02. The summed E-state index contributed by atoms with van der Waals surface area (Å²) >= 11 is 7.48. The van der Waals surface area contributed by atoms with Crippen molar-refractivity contribution >= 4 is 23.4 Å². The molecule has 0 aliphatic carbocycles. The zero-order valence-corrected chi connectivity index (χ0v) is 9.11. The summed E-state index contributed by atoms with van der Waals surface area (Å²) in [5.41, 5.74) is 1.25. The van der Waals surface area contributed by atoms with Crippen LogP contribution in [0.4, 0.5) is 0 Å². The summed E-state index contributed by atoms with van der Waals surface area (Å²) in [7, 11) is 0. The Kier molecular flexibility index (Phi) is 4.64. The Bertz CT molecular complexity index is 246. The van der Waals surface area contributed by atoms with E-state index in [1.165, 1.54) is 5.56 Å². The van der Waals surface area contributed by atoms with E-state index >= 15 is 0 Å². The van der Waals surface area contributed by atoms with Gasteiger partial charge in [0.15, 0.2) is 0 Å². The highest BCUT2D eigenvalue weighted by molar-refractivity contribution is 7.98. The summed E-state index contributed by atoms with van der Waals surface area (Å²) in [6.07, 6.45) is -0.225. The number of aliphatic hydroxyl groups excluding tert-OH is 1. The normalized spacial score (nSPS) is 12.8. The minimum atomic E-state index is -0.225. The second-order valence-corrected chi connectivity index (χ2v) is 4.46. The van der Waals surface area contributed by atoms with Crippen LogP contribution in [-0.2, 0) is 5.75 Å². The quantitative estimate of drug-likeness (QED) is 0.835. The molecule has 0 aliphatic rings. The first-order valence-electron chi connectivity index (χ1n) is 4.19. The van der Waals surface area contributed by atoms with Crippen LogP contribution in [0.3, 0.4) is 0 Å². The first kappa shape index (κ1) is 10.9. The van der Waals surface area contributed by atoms with E-state index < -0.39 is 0 Å². The maximum atomic E-state index is 9.03. The van der Waals surface area contributed by atoms with Crippen LogP contribution in [0, 0.1) is 0 Å². The van der Waals surface area contributed by atoms with Crippen molar-refractivity contribution in [2.24, 2.45) is 0 Å². The molecule has 1 nitrogen and oxygen atoms in total. The Morgan fingerprint density at radius 1 is 1.38 bits per heavy atom. The zero-order valence-electron chi connectivity index (χ0n) is 7.53. The van der Waals surface area contributed by atoms with Crippen molar-refractivity contribution in [3.05, 3.63) is 34.9 Å². The van der Waals surface area contributed by atoms with Crippen molar-refractivity contribution < 1.29 is 5.11 Å². The van der Waals surface area contributed by atoms with Gasteiger partial charge in [0.1, 0.15) is 0 Å². The maximum Gasteiger partial charge on any atom is 0.0602 e. The van der Waals surface area contributed by atoms with Crippen LogP contribution in [0.1, 0.15) is 12.5 Å². The lowest BCUT2D eigenvalue weighted by atomic mass is 10.2. The van der Waals surface area contributed by atoms with Crippen LogP contribution >= 0.6 is 23.4 Å². The maximum absolute atomic E-state index is 9.03. The van der Waals surface area contributed by atoms with E-state index in [0.717, 1.165) is 16.5 Å². The highest BCUT2D eigenvalue weighted by atomic mass is 35.5. The number of halogens is 1. The van der Waals surface area contributed by atoms with Crippen molar-refractivity contribution in [1.29, 1.82) is 0 Å². The van der Waals surface area contributed by atoms with Crippen LogP contribution in [0.25, 0.3) is 0 Å². The van der Waals surface area contributed by atoms with Crippen molar-refractivity contribution in [2.75, 3.05) is 5.75 Å². The third kappa shape index (κ3) is 4.55. The number of aliphatic hydroxyl groups is 1. The molecule has 0 radical (unpaired) electrons. The van der Waals surface area contributed by atoms with E-state index in [0.29, 0.717) is 0 Å². The lowest BCUT2D eigenvalue weighted by Gasteiger charge is -2.03. The SMILES string of the molecule is C[C@H](O)CSCc1ccc(Cl)cc1. The lowest BCUT2D eigenvalue weighted by molar-refractivity contribution is 0.220. The van der Waals surface area contributed by atoms with Gasteiger partial charge in [0.25, 0.3) is 0 Å². The molecule has 1 aromatic carbocycles. The van der Waals surface area contributed by atoms with Gasteiger partial charge in [-0.1, -0.05) is 23.7 Å². The summed E-state index contributed by atoms with van der Waals surface area (Å²) in [5, 5.41) is 9.80. The van der Waals surface area contributed by atoms with Gasteiger partial charge in [0, 0.05) is 16.5 Å². The number of thioether (sulfide) groups is 1. The van der Waals surface area contributed by atoms with E-state index in [9.17, 15) is 0 Å². The molecule has 0 aromatic heterocycles. The molecule has 0 spiro atoms.